The molecule has 1 aromatic carbocycles. The minimum atomic E-state index is -0.944. The summed E-state index contributed by atoms with van der Waals surface area (Å²) in [5.41, 5.74) is -0.849. The molecular weight excluding hydrogens is 537 g/mol. The number of allylic oxidation sites excluding steroid dienone is 5. The number of methoxy groups -OCH3 is 1. The number of nitrogens with one attached hydrogen (secondary N) is 1. The molecular formula is C28H35CoNO8-2. The fraction of sp³-hybridized carbons (Fsp3) is 0.393. The second-order valence-corrected chi connectivity index (χ2v) is 9.07. The molecule has 211 valence electrons. The van der Waals surface area contributed by atoms with Crippen LogP contribution in [-0.2, 0) is 48.2 Å². The van der Waals surface area contributed by atoms with Crippen LogP contribution in [0.25, 0.3) is 5.76 Å². The van der Waals surface area contributed by atoms with Gasteiger partial charge in [0.15, 0.2) is 5.91 Å². The predicted molar refractivity (Wildman–Crippen MR) is 137 cm³/mol. The van der Waals surface area contributed by atoms with Crippen LogP contribution in [0.3, 0.4) is 0 Å². The first-order chi connectivity index (χ1) is 17.9. The summed E-state index contributed by atoms with van der Waals surface area (Å²) < 4.78 is 17.8. The molecule has 1 amide bonds. The summed E-state index contributed by atoms with van der Waals surface area (Å²) in [5, 5.41) is 12.1. The molecule has 0 aliphatic heterocycles. The standard InChI is InChI=1S/C15H26NO5.C13H9O2.Co.O/c1-7-21-13(19)15(4,9-8-11(17)16-5)10-14(2,3)12(18)20-6;14-12-9-5-4-8-11(12)13(15)10-6-2-1-3-7-10;;/h5,7-10H2,1-4,6H3,(H,16,17);1-4,6-9,15H;;/q2*-1;;. The molecule has 1 aromatic rings. The van der Waals surface area contributed by atoms with E-state index in [4.69, 9.17) is 13.3 Å². The zero-order chi connectivity index (χ0) is 29.4. The molecule has 38 heavy (non-hydrogen) atoms. The van der Waals surface area contributed by atoms with E-state index in [2.05, 4.69) is 34.1 Å². The van der Waals surface area contributed by atoms with Gasteiger partial charge in [0, 0.05) is 12.0 Å². The van der Waals surface area contributed by atoms with Crippen molar-refractivity contribution in [3.05, 3.63) is 72.8 Å². The summed E-state index contributed by atoms with van der Waals surface area (Å²) in [4.78, 5) is 46.9. The average Bonchev–Trinajstić information content (AvgIpc) is 2.93. The van der Waals surface area contributed by atoms with Crippen molar-refractivity contribution in [1.82, 2.24) is 5.32 Å². The van der Waals surface area contributed by atoms with Crippen molar-refractivity contribution in [3.8, 4) is 0 Å². The molecule has 1 aliphatic rings. The van der Waals surface area contributed by atoms with Crippen LogP contribution in [0.1, 0.15) is 52.5 Å². The average molecular weight is 573 g/mol. The third kappa shape index (κ3) is 10.9. The molecule has 1 aliphatic carbocycles. The van der Waals surface area contributed by atoms with Gasteiger partial charge in [-0.25, -0.2) is 0 Å². The number of aliphatic hydroxyl groups is 1. The maximum atomic E-state index is 12.2. The van der Waals surface area contributed by atoms with Crippen molar-refractivity contribution in [2.45, 2.75) is 47.0 Å². The summed E-state index contributed by atoms with van der Waals surface area (Å²) >= 11 is 2.31. The van der Waals surface area contributed by atoms with Crippen LogP contribution < -0.4 is 5.32 Å². The number of carbonyl (C=O) groups is 4. The number of benzene rings is 1. The molecule has 0 saturated heterocycles. The molecule has 10 heteroatoms. The van der Waals surface area contributed by atoms with E-state index in [1.165, 1.54) is 13.2 Å². The third-order valence-corrected chi connectivity index (χ3v) is 5.57. The van der Waals surface area contributed by atoms with Gasteiger partial charge in [0.2, 0.25) is 0 Å². The van der Waals surface area contributed by atoms with Crippen molar-refractivity contribution in [2.75, 3.05) is 13.7 Å². The molecule has 0 bridgehead atoms. The summed E-state index contributed by atoms with van der Waals surface area (Å²) in [5.74, 6) is -1.30. The third-order valence-electron chi connectivity index (χ3n) is 5.57. The summed E-state index contributed by atoms with van der Waals surface area (Å²) in [7, 11) is 4.60. The Morgan fingerprint density at radius 2 is 1.71 bits per heavy atom. The second kappa shape index (κ2) is 17.2. The Balaban J connectivity index is 0.000000703. The Labute approximate surface area is 232 Å². The number of amides is 1. The quantitative estimate of drug-likeness (QED) is 0.195. The maximum absolute atomic E-state index is 12.2. The Bertz CT molecular complexity index is 1050. The number of hydrogen-bond donors (Lipinski definition) is 2. The van der Waals surface area contributed by atoms with E-state index in [9.17, 15) is 24.3 Å². The molecule has 2 N–H and O–H groups in total. The van der Waals surface area contributed by atoms with Gasteiger partial charge in [0.1, 0.15) is 5.76 Å². The van der Waals surface area contributed by atoms with Crippen LogP contribution in [0, 0.1) is 24.0 Å². The van der Waals surface area contributed by atoms with Crippen LogP contribution in [0.4, 0.5) is 0 Å². The van der Waals surface area contributed by atoms with E-state index < -0.39 is 22.8 Å². The predicted octanol–water partition coefficient (Wildman–Crippen LogP) is 4.17. The number of rotatable bonds is 9. The van der Waals surface area contributed by atoms with E-state index in [1.807, 2.05) is 18.2 Å². The van der Waals surface area contributed by atoms with Crippen molar-refractivity contribution in [1.29, 1.82) is 0 Å². The van der Waals surface area contributed by atoms with Gasteiger partial charge in [-0.3, -0.25) is 21.4 Å². The van der Waals surface area contributed by atoms with Gasteiger partial charge in [0.05, 0.1) is 30.3 Å². The molecule has 9 nitrogen and oxygen atoms in total. The van der Waals surface area contributed by atoms with Gasteiger partial charge >= 0.3 is 31.5 Å². The van der Waals surface area contributed by atoms with Crippen LogP contribution in [-0.4, -0.2) is 42.5 Å². The van der Waals surface area contributed by atoms with Gasteiger partial charge in [-0.15, -0.1) is 6.08 Å². The second-order valence-electron chi connectivity index (χ2n) is 9.07. The van der Waals surface area contributed by atoms with Crippen LogP contribution >= 0.6 is 0 Å². The van der Waals surface area contributed by atoms with E-state index in [0.717, 1.165) is 0 Å². The molecule has 0 spiro atoms. The SMILES string of the molecule is O=C1C=[C-]C=CC1=C(O)c1ccccc1.[CH2-]NC(=O)CCC(C)(CC(C)(C)C(=O)OC)C(=O)OCC.[O]=[Co]. The van der Waals surface area contributed by atoms with E-state index >= 15 is 0 Å². The zero-order valence-electron chi connectivity index (χ0n) is 22.3. The van der Waals surface area contributed by atoms with Gasteiger partial charge in [-0.2, -0.15) is 18.2 Å². The summed E-state index contributed by atoms with van der Waals surface area (Å²) in [6.07, 6.45) is 7.79. The Morgan fingerprint density at radius 1 is 1.11 bits per heavy atom. The van der Waals surface area contributed by atoms with Gasteiger partial charge in [-0.1, -0.05) is 30.3 Å². The van der Waals surface area contributed by atoms with Gasteiger partial charge in [0.25, 0.3) is 0 Å². The van der Waals surface area contributed by atoms with E-state index in [-0.39, 0.29) is 43.3 Å². The van der Waals surface area contributed by atoms with Crippen LogP contribution in [0.2, 0.25) is 0 Å². The summed E-state index contributed by atoms with van der Waals surface area (Å²) in [6, 6.07) is 8.99. The van der Waals surface area contributed by atoms with Gasteiger partial charge in [-0.05, 0) is 46.1 Å². The number of aliphatic hydroxyl groups excluding tert-OH is 1. The molecule has 0 radical (unpaired) electrons. The number of ketones is 1. The van der Waals surface area contributed by atoms with Crippen LogP contribution in [0.15, 0.2) is 54.1 Å². The van der Waals surface area contributed by atoms with Gasteiger partial charge < -0.3 is 24.7 Å². The molecule has 2 rings (SSSR count). The first-order valence-electron chi connectivity index (χ1n) is 11.7. The van der Waals surface area contributed by atoms with Crippen molar-refractivity contribution in [2.24, 2.45) is 10.8 Å². The van der Waals surface area contributed by atoms with E-state index in [1.54, 1.807) is 52.0 Å². The van der Waals surface area contributed by atoms with E-state index in [0.29, 0.717) is 11.1 Å². The monoisotopic (exact) mass is 572 g/mol. The number of hydrogen-bond acceptors (Lipinski definition) is 8. The first kappa shape index (κ1) is 34.6. The number of esters is 2. The molecule has 1 atom stereocenters. The molecule has 0 saturated carbocycles. The van der Waals surface area contributed by atoms with Crippen molar-refractivity contribution in [3.63, 3.8) is 0 Å². The fourth-order valence-corrected chi connectivity index (χ4v) is 3.73. The fourth-order valence-electron chi connectivity index (χ4n) is 3.73. The normalized spacial score (nSPS) is 15.0. The molecule has 1 unspecified atom stereocenters. The Hall–Kier alpha value is -3.37. The molecule has 0 heterocycles. The van der Waals surface area contributed by atoms with Crippen molar-refractivity contribution < 1.29 is 53.3 Å². The Kier molecular flexibility index (Phi) is 15.7. The first-order valence-corrected chi connectivity index (χ1v) is 12.1. The topological polar surface area (TPSA) is 136 Å². The van der Waals surface area contributed by atoms with Crippen molar-refractivity contribution >= 4 is 29.4 Å². The Morgan fingerprint density at radius 3 is 2.21 bits per heavy atom. The minimum absolute atomic E-state index is 0.00889. The zero-order valence-corrected chi connectivity index (χ0v) is 23.3. The number of carbonyl (C=O) groups excluding carboxylic acids is 4. The summed E-state index contributed by atoms with van der Waals surface area (Å²) in [6.45, 7) is 7.07. The number of ether oxygens (including phenoxy) is 2. The van der Waals surface area contributed by atoms with Crippen LogP contribution in [0.5, 0.6) is 0 Å². The molecule has 0 aromatic heterocycles. The molecule has 0 fully saturated rings.